The first-order chi connectivity index (χ1) is 16.7. The van der Waals surface area contributed by atoms with Crippen molar-refractivity contribution in [2.24, 2.45) is 0 Å². The van der Waals surface area contributed by atoms with Gasteiger partial charge < -0.3 is 10.4 Å². The van der Waals surface area contributed by atoms with Gasteiger partial charge in [-0.1, -0.05) is 46.7 Å². The van der Waals surface area contributed by atoms with Gasteiger partial charge in [-0.15, -0.1) is 0 Å². The molecule has 0 unspecified atom stereocenters. The van der Waals surface area contributed by atoms with Gasteiger partial charge in [0.1, 0.15) is 6.54 Å². The van der Waals surface area contributed by atoms with E-state index in [4.69, 9.17) is 23.2 Å². The Kier molecular flexibility index (Phi) is 7.48. The highest BCUT2D eigenvalue weighted by molar-refractivity contribution is 7.92. The molecule has 35 heavy (non-hydrogen) atoms. The first-order valence-corrected chi connectivity index (χ1v) is 13.3. The normalized spacial score (nSPS) is 11.5. The maximum absolute atomic E-state index is 13.2. The number of anilines is 2. The number of hydrogen-bond donors (Lipinski definition) is 2. The zero-order valence-corrected chi connectivity index (χ0v) is 21.2. The summed E-state index contributed by atoms with van der Waals surface area (Å²) in [6, 6.07) is 17.2. The zero-order chi connectivity index (χ0) is 25.2. The summed E-state index contributed by atoms with van der Waals surface area (Å²) in [4.78, 5) is 24.5. The molecule has 0 saturated heterocycles. The van der Waals surface area contributed by atoms with Crippen LogP contribution >= 0.6 is 34.5 Å². The minimum absolute atomic E-state index is 0.0462. The largest absolute Gasteiger partial charge is 0.394 e. The maximum atomic E-state index is 13.2. The Bertz CT molecular complexity index is 1550. The third-order valence-electron chi connectivity index (χ3n) is 5.10. The summed E-state index contributed by atoms with van der Waals surface area (Å²) in [7, 11) is -4.05. The molecule has 3 aromatic carbocycles. The predicted octanol–water partition coefficient (Wildman–Crippen LogP) is 4.20. The lowest BCUT2D eigenvalue weighted by molar-refractivity contribution is -0.116. The van der Waals surface area contributed by atoms with E-state index in [0.717, 1.165) is 20.3 Å². The molecule has 1 amide bonds. The van der Waals surface area contributed by atoms with Crippen molar-refractivity contribution >= 4 is 72.1 Å². The van der Waals surface area contributed by atoms with Crippen molar-refractivity contribution in [3.05, 3.63) is 86.4 Å². The third-order valence-corrected chi connectivity index (χ3v) is 8.64. The molecular formula is C23H19Cl2N3O5S2. The van der Waals surface area contributed by atoms with Gasteiger partial charge >= 0.3 is 4.87 Å². The molecule has 1 heterocycles. The number of nitrogens with one attached hydrogen (secondary N) is 1. The molecule has 4 aromatic rings. The number of aliphatic hydroxyl groups excluding tert-OH is 1. The van der Waals surface area contributed by atoms with E-state index in [1.54, 1.807) is 12.1 Å². The molecular weight excluding hydrogens is 533 g/mol. The number of aliphatic hydroxyl groups is 1. The number of benzene rings is 3. The Hall–Kier alpha value is -2.89. The molecule has 0 radical (unpaired) electrons. The molecule has 0 bridgehead atoms. The van der Waals surface area contributed by atoms with Crippen LogP contribution in [0.1, 0.15) is 0 Å². The van der Waals surface area contributed by atoms with Crippen LogP contribution in [0, 0.1) is 0 Å². The predicted molar refractivity (Wildman–Crippen MR) is 139 cm³/mol. The Morgan fingerprint density at radius 2 is 1.74 bits per heavy atom. The van der Waals surface area contributed by atoms with Crippen molar-refractivity contribution in [2.75, 3.05) is 22.8 Å². The second-order valence-electron chi connectivity index (χ2n) is 7.39. The van der Waals surface area contributed by atoms with Crippen LogP contribution in [0.4, 0.5) is 11.4 Å². The molecule has 8 nitrogen and oxygen atoms in total. The second kappa shape index (κ2) is 10.4. The first-order valence-electron chi connectivity index (χ1n) is 10.3. The minimum atomic E-state index is -4.05. The van der Waals surface area contributed by atoms with Crippen molar-refractivity contribution in [1.29, 1.82) is 0 Å². The lowest BCUT2D eigenvalue weighted by Crippen LogP contribution is -2.33. The molecule has 0 saturated carbocycles. The minimum Gasteiger partial charge on any atom is -0.394 e. The van der Waals surface area contributed by atoms with Crippen LogP contribution in [0.15, 0.2) is 76.4 Å². The highest BCUT2D eigenvalue weighted by Gasteiger charge is 2.25. The Labute approximate surface area is 215 Å². The number of fused-ring (bicyclic) bond motifs is 1. The number of aromatic nitrogens is 1. The number of para-hydroxylation sites is 1. The lowest BCUT2D eigenvalue weighted by Gasteiger charge is -2.24. The molecule has 4 rings (SSSR count). The van der Waals surface area contributed by atoms with Crippen LogP contribution in [0.25, 0.3) is 10.2 Å². The van der Waals surface area contributed by atoms with Gasteiger partial charge in [0.15, 0.2) is 0 Å². The molecule has 1 aromatic heterocycles. The van der Waals surface area contributed by atoms with Gasteiger partial charge in [-0.05, 0) is 54.6 Å². The number of nitrogens with zero attached hydrogens (tertiary/aromatic N) is 2. The summed E-state index contributed by atoms with van der Waals surface area (Å²) in [5, 5.41) is 12.6. The van der Waals surface area contributed by atoms with Gasteiger partial charge in [0, 0.05) is 5.69 Å². The van der Waals surface area contributed by atoms with Crippen LogP contribution in [0.2, 0.25) is 10.0 Å². The number of hydrogen-bond acceptors (Lipinski definition) is 6. The van der Waals surface area contributed by atoms with Crippen molar-refractivity contribution < 1.29 is 18.3 Å². The molecule has 2 N–H and O–H groups in total. The summed E-state index contributed by atoms with van der Waals surface area (Å²) in [5.41, 5.74) is 1.29. The molecule has 0 atom stereocenters. The van der Waals surface area contributed by atoms with E-state index in [1.165, 1.54) is 47.0 Å². The molecule has 0 aliphatic carbocycles. The Balaban J connectivity index is 1.53. The van der Waals surface area contributed by atoms with Crippen LogP contribution in [-0.2, 0) is 21.4 Å². The number of sulfonamides is 1. The summed E-state index contributed by atoms with van der Waals surface area (Å²) in [5.74, 6) is -0.427. The molecule has 0 spiro atoms. The van der Waals surface area contributed by atoms with Crippen LogP contribution in [0.5, 0.6) is 0 Å². The van der Waals surface area contributed by atoms with E-state index in [0.29, 0.717) is 11.2 Å². The summed E-state index contributed by atoms with van der Waals surface area (Å²) in [6.45, 7) is -0.781. The fraction of sp³-hybridized carbons (Fsp3) is 0.130. The molecule has 0 aliphatic heterocycles. The van der Waals surface area contributed by atoms with Crippen molar-refractivity contribution in [1.82, 2.24) is 4.57 Å². The number of carbonyl (C=O) groups excluding carboxylic acids is 1. The topological polar surface area (TPSA) is 109 Å². The van der Waals surface area contributed by atoms with E-state index in [2.05, 4.69) is 5.32 Å². The average Bonchev–Trinajstić information content (AvgIpc) is 3.14. The van der Waals surface area contributed by atoms with Crippen molar-refractivity contribution in [3.8, 4) is 0 Å². The van der Waals surface area contributed by atoms with Gasteiger partial charge in [-0.25, -0.2) is 8.42 Å². The van der Waals surface area contributed by atoms with Gasteiger partial charge in [0.2, 0.25) is 5.91 Å². The smallest absolute Gasteiger partial charge is 0.308 e. The van der Waals surface area contributed by atoms with E-state index in [9.17, 15) is 23.1 Å². The summed E-state index contributed by atoms with van der Waals surface area (Å²) < 4.78 is 29.7. The molecule has 0 aliphatic rings. The maximum Gasteiger partial charge on any atom is 0.308 e. The first kappa shape index (κ1) is 25.2. The monoisotopic (exact) mass is 551 g/mol. The summed E-state index contributed by atoms with van der Waals surface area (Å²) >= 11 is 13.0. The van der Waals surface area contributed by atoms with Crippen molar-refractivity contribution in [2.45, 2.75) is 11.4 Å². The van der Waals surface area contributed by atoms with Gasteiger partial charge in [0.25, 0.3) is 10.0 Å². The summed E-state index contributed by atoms with van der Waals surface area (Å²) in [6.07, 6.45) is 0. The van der Waals surface area contributed by atoms with E-state index >= 15 is 0 Å². The number of thiazole rings is 1. The molecule has 0 fully saturated rings. The zero-order valence-electron chi connectivity index (χ0n) is 18.0. The second-order valence-corrected chi connectivity index (χ2v) is 11.1. The number of amides is 1. The van der Waals surface area contributed by atoms with E-state index in [1.807, 2.05) is 12.1 Å². The number of rotatable bonds is 8. The molecule has 12 heteroatoms. The van der Waals surface area contributed by atoms with Gasteiger partial charge in [-0.3, -0.25) is 18.5 Å². The average molecular weight is 552 g/mol. The van der Waals surface area contributed by atoms with Gasteiger partial charge in [0.05, 0.1) is 44.0 Å². The number of carbonyl (C=O) groups is 1. The van der Waals surface area contributed by atoms with Crippen LogP contribution in [0.3, 0.4) is 0 Å². The number of halogens is 2. The van der Waals surface area contributed by atoms with Crippen LogP contribution in [-0.4, -0.2) is 37.2 Å². The fourth-order valence-corrected chi connectivity index (χ4v) is 6.09. The SMILES string of the molecule is O=C(Cn1c(=O)sc2ccccc21)Nc1ccc(S(=O)(=O)N(CCO)c2ccc(Cl)c(Cl)c2)cc1. The Morgan fingerprint density at radius 3 is 2.43 bits per heavy atom. The van der Waals surface area contributed by atoms with E-state index in [-0.39, 0.29) is 38.6 Å². The van der Waals surface area contributed by atoms with Crippen LogP contribution < -0.4 is 14.5 Å². The van der Waals surface area contributed by atoms with E-state index < -0.39 is 22.5 Å². The quantitative estimate of drug-likeness (QED) is 0.341. The standard InChI is InChI=1S/C23H19Cl2N3O5S2/c24-18-10-7-16(13-19(18)25)28(11-12-29)35(32,33)17-8-5-15(6-9-17)26-22(30)14-27-20-3-1-2-4-21(20)34-23(27)31/h1-10,13,29H,11-12,14H2,(H,26,30). The fourth-order valence-electron chi connectivity index (χ4n) is 3.46. The highest BCUT2D eigenvalue weighted by atomic mass is 35.5. The molecule has 182 valence electrons. The van der Waals surface area contributed by atoms with Gasteiger partial charge in [-0.2, -0.15) is 0 Å². The van der Waals surface area contributed by atoms with Crippen molar-refractivity contribution in [3.63, 3.8) is 0 Å². The Morgan fingerprint density at radius 1 is 1.03 bits per heavy atom. The highest BCUT2D eigenvalue weighted by Crippen LogP contribution is 2.30. The third kappa shape index (κ3) is 5.36. The lowest BCUT2D eigenvalue weighted by atomic mass is 10.3.